The molecule has 0 aromatic heterocycles. The minimum Gasteiger partial charge on any atom is -0.493 e. The van der Waals surface area contributed by atoms with E-state index in [0.717, 1.165) is 0 Å². The van der Waals surface area contributed by atoms with Crippen LogP contribution in [0.4, 0.5) is 4.39 Å². The lowest BCUT2D eigenvalue weighted by molar-refractivity contribution is 0.348. The molecule has 0 aliphatic carbocycles. The smallest absolute Gasteiger partial charge is 0.208 e. The third-order valence-corrected chi connectivity index (χ3v) is 2.17. The highest BCUT2D eigenvalue weighted by atomic mass is 35.5. The summed E-state index contributed by atoms with van der Waals surface area (Å²) in [6.45, 7) is 0. The second-order valence-electron chi connectivity index (χ2n) is 2.73. The van der Waals surface area contributed by atoms with Crippen molar-refractivity contribution in [2.24, 2.45) is 0 Å². The highest BCUT2D eigenvalue weighted by Gasteiger charge is 2.18. The van der Waals surface area contributed by atoms with Crippen molar-refractivity contribution in [1.29, 1.82) is 5.26 Å². The van der Waals surface area contributed by atoms with E-state index in [-0.39, 0.29) is 22.9 Å². The molecule has 1 rings (SSSR count). The van der Waals surface area contributed by atoms with E-state index in [9.17, 15) is 4.39 Å². The van der Waals surface area contributed by atoms with Crippen LogP contribution in [0.2, 0.25) is 5.02 Å². The number of nitrogens with zero attached hydrogens (tertiary/aromatic N) is 1. The van der Waals surface area contributed by atoms with Gasteiger partial charge in [-0.1, -0.05) is 11.6 Å². The summed E-state index contributed by atoms with van der Waals surface area (Å²) in [6, 6.07) is 3.37. The van der Waals surface area contributed by atoms with E-state index in [4.69, 9.17) is 26.3 Å². The monoisotopic (exact) mass is 229 g/mol. The van der Waals surface area contributed by atoms with E-state index in [1.165, 1.54) is 20.3 Å². The number of hydrogen-bond donors (Lipinski definition) is 0. The molecule has 0 heterocycles. The molecule has 0 unspecified atom stereocenters. The first-order chi connectivity index (χ1) is 7.15. The molecule has 80 valence electrons. The van der Waals surface area contributed by atoms with Crippen molar-refractivity contribution < 1.29 is 13.9 Å². The van der Waals surface area contributed by atoms with Crippen molar-refractivity contribution in [3.63, 3.8) is 0 Å². The fraction of sp³-hybridized carbons (Fsp3) is 0.300. The molecule has 1 aromatic rings. The summed E-state index contributed by atoms with van der Waals surface area (Å²) in [4.78, 5) is 0. The van der Waals surface area contributed by atoms with Gasteiger partial charge in [0.1, 0.15) is 0 Å². The van der Waals surface area contributed by atoms with Gasteiger partial charge in [0.2, 0.25) is 5.82 Å². The van der Waals surface area contributed by atoms with Crippen molar-refractivity contribution in [2.75, 3.05) is 14.2 Å². The first kappa shape index (κ1) is 11.6. The molecule has 0 saturated heterocycles. The average molecular weight is 230 g/mol. The van der Waals surface area contributed by atoms with E-state index in [1.807, 2.05) is 6.07 Å². The fourth-order valence-corrected chi connectivity index (χ4v) is 1.55. The molecule has 0 bridgehead atoms. The van der Waals surface area contributed by atoms with Gasteiger partial charge in [0.05, 0.1) is 31.7 Å². The molecule has 0 spiro atoms. The number of hydrogen-bond acceptors (Lipinski definition) is 3. The zero-order valence-corrected chi connectivity index (χ0v) is 9.06. The van der Waals surface area contributed by atoms with E-state index in [0.29, 0.717) is 5.56 Å². The van der Waals surface area contributed by atoms with Gasteiger partial charge < -0.3 is 9.47 Å². The number of methoxy groups -OCH3 is 2. The van der Waals surface area contributed by atoms with Crippen LogP contribution in [-0.4, -0.2) is 14.2 Å². The molecule has 15 heavy (non-hydrogen) atoms. The van der Waals surface area contributed by atoms with Gasteiger partial charge >= 0.3 is 0 Å². The molecule has 0 aliphatic heterocycles. The first-order valence-electron chi connectivity index (χ1n) is 4.11. The van der Waals surface area contributed by atoms with Gasteiger partial charge in [-0.25, -0.2) is 0 Å². The molecule has 0 N–H and O–H groups in total. The summed E-state index contributed by atoms with van der Waals surface area (Å²) in [6.07, 6.45) is 0.0316. The Morgan fingerprint density at radius 1 is 1.40 bits per heavy atom. The number of halogens is 2. The van der Waals surface area contributed by atoms with E-state index < -0.39 is 5.82 Å². The third-order valence-electron chi connectivity index (χ3n) is 1.89. The molecule has 0 atom stereocenters. The predicted octanol–water partition coefficient (Wildman–Crippen LogP) is 2.56. The van der Waals surface area contributed by atoms with Gasteiger partial charge in [-0.15, -0.1) is 0 Å². The maximum Gasteiger partial charge on any atom is 0.208 e. The molecule has 0 amide bonds. The Hall–Kier alpha value is -1.47. The summed E-state index contributed by atoms with van der Waals surface area (Å²) in [7, 11) is 2.64. The summed E-state index contributed by atoms with van der Waals surface area (Å²) in [5.74, 6) is -0.759. The lowest BCUT2D eigenvalue weighted by atomic mass is 10.1. The van der Waals surface area contributed by atoms with Crippen LogP contribution in [0.15, 0.2) is 6.07 Å². The maximum atomic E-state index is 13.7. The van der Waals surface area contributed by atoms with Crippen LogP contribution < -0.4 is 9.47 Å². The van der Waals surface area contributed by atoms with Gasteiger partial charge in [0.25, 0.3) is 0 Å². The van der Waals surface area contributed by atoms with Crippen LogP contribution >= 0.6 is 11.6 Å². The van der Waals surface area contributed by atoms with Gasteiger partial charge in [0.15, 0.2) is 11.5 Å². The second kappa shape index (κ2) is 4.85. The van der Waals surface area contributed by atoms with E-state index >= 15 is 0 Å². The maximum absolute atomic E-state index is 13.7. The van der Waals surface area contributed by atoms with Crippen molar-refractivity contribution in [3.05, 3.63) is 22.5 Å². The Bertz CT molecular complexity index is 415. The van der Waals surface area contributed by atoms with Gasteiger partial charge in [-0.05, 0) is 6.07 Å². The number of rotatable bonds is 3. The summed E-state index contributed by atoms with van der Waals surface area (Å²) >= 11 is 5.77. The minimum atomic E-state index is -0.683. The number of ether oxygens (including phenoxy) is 2. The molecule has 5 heteroatoms. The summed E-state index contributed by atoms with van der Waals surface area (Å²) in [5.41, 5.74) is 0.406. The standard InChI is InChI=1S/C10H9ClFNO2/c1-14-9-6(3-4-13)5-7(11)10(15-2)8(9)12/h5H,3H2,1-2H3. The lowest BCUT2D eigenvalue weighted by Gasteiger charge is -2.11. The predicted molar refractivity (Wildman–Crippen MR) is 53.8 cm³/mol. The first-order valence-corrected chi connectivity index (χ1v) is 4.49. The third kappa shape index (κ3) is 2.13. The topological polar surface area (TPSA) is 42.2 Å². The highest BCUT2D eigenvalue weighted by Crippen LogP contribution is 2.36. The Kier molecular flexibility index (Phi) is 3.75. The van der Waals surface area contributed by atoms with Crippen LogP contribution in [0.3, 0.4) is 0 Å². The van der Waals surface area contributed by atoms with Crippen molar-refractivity contribution >= 4 is 11.6 Å². The molecule has 3 nitrogen and oxygen atoms in total. The van der Waals surface area contributed by atoms with Crippen molar-refractivity contribution in [3.8, 4) is 17.6 Å². The summed E-state index contributed by atoms with van der Waals surface area (Å²) < 4.78 is 23.3. The quantitative estimate of drug-likeness (QED) is 0.800. The van der Waals surface area contributed by atoms with Crippen LogP contribution in [-0.2, 0) is 6.42 Å². The normalized spacial score (nSPS) is 9.53. The zero-order chi connectivity index (χ0) is 11.4. The largest absolute Gasteiger partial charge is 0.493 e. The van der Waals surface area contributed by atoms with E-state index in [2.05, 4.69) is 0 Å². The zero-order valence-electron chi connectivity index (χ0n) is 8.30. The Morgan fingerprint density at radius 2 is 2.00 bits per heavy atom. The number of benzene rings is 1. The van der Waals surface area contributed by atoms with Crippen molar-refractivity contribution in [2.45, 2.75) is 6.42 Å². The van der Waals surface area contributed by atoms with Crippen molar-refractivity contribution in [1.82, 2.24) is 0 Å². The molecule has 0 aliphatic rings. The van der Waals surface area contributed by atoms with Gasteiger partial charge in [-0.3, -0.25) is 0 Å². The van der Waals surface area contributed by atoms with Gasteiger partial charge in [-0.2, -0.15) is 9.65 Å². The number of nitriles is 1. The molecule has 0 radical (unpaired) electrons. The Morgan fingerprint density at radius 3 is 2.47 bits per heavy atom. The minimum absolute atomic E-state index is 0.00204. The Labute approximate surface area is 92.0 Å². The van der Waals surface area contributed by atoms with Crippen LogP contribution in [0, 0.1) is 17.1 Å². The van der Waals surface area contributed by atoms with Crippen LogP contribution in [0.1, 0.15) is 5.56 Å². The second-order valence-corrected chi connectivity index (χ2v) is 3.14. The van der Waals surface area contributed by atoms with Crippen LogP contribution in [0.5, 0.6) is 11.5 Å². The average Bonchev–Trinajstić information content (AvgIpc) is 2.19. The molecule has 0 saturated carbocycles. The highest BCUT2D eigenvalue weighted by molar-refractivity contribution is 6.32. The molecule has 0 fully saturated rings. The molecular formula is C10H9ClFNO2. The lowest BCUT2D eigenvalue weighted by Crippen LogP contribution is -1.99. The fourth-order valence-electron chi connectivity index (χ4n) is 1.26. The SMILES string of the molecule is COc1c(Cl)cc(CC#N)c(OC)c1F. The van der Waals surface area contributed by atoms with E-state index in [1.54, 1.807) is 0 Å². The Balaban J connectivity index is 3.38. The summed E-state index contributed by atoms with van der Waals surface area (Å²) in [5, 5.41) is 8.67. The molecule has 1 aromatic carbocycles. The van der Waals surface area contributed by atoms with Gasteiger partial charge in [0, 0.05) is 5.56 Å². The molecular weight excluding hydrogens is 221 g/mol. The van der Waals surface area contributed by atoms with Crippen LogP contribution in [0.25, 0.3) is 0 Å².